The minimum atomic E-state index is 0.0814. The Morgan fingerprint density at radius 3 is 2.31 bits per heavy atom. The summed E-state index contributed by atoms with van der Waals surface area (Å²) in [6, 6.07) is 0. The molecule has 1 saturated heterocycles. The van der Waals surface area contributed by atoms with E-state index in [2.05, 4.69) is 37.3 Å². The van der Waals surface area contributed by atoms with Gasteiger partial charge in [-0.3, -0.25) is 0 Å². The highest BCUT2D eigenvalue weighted by Crippen LogP contribution is 2.29. The average Bonchev–Trinajstić information content (AvgIpc) is 2.27. The van der Waals surface area contributed by atoms with Crippen LogP contribution in [-0.2, 0) is 4.74 Å². The molecule has 0 unspecified atom stereocenters. The van der Waals surface area contributed by atoms with Crippen LogP contribution in [0.25, 0.3) is 0 Å². The monoisotopic (exact) mass is 226 g/mol. The van der Waals surface area contributed by atoms with Crippen LogP contribution in [0.2, 0.25) is 0 Å². The summed E-state index contributed by atoms with van der Waals surface area (Å²) >= 11 is 0. The van der Waals surface area contributed by atoms with Crippen molar-refractivity contribution in [1.82, 2.24) is 9.80 Å². The predicted octanol–water partition coefficient (Wildman–Crippen LogP) is 1.81. The second-order valence-corrected chi connectivity index (χ2v) is 5.41. The number of ether oxygens (including phenoxy) is 1. The van der Waals surface area contributed by atoms with Crippen LogP contribution in [0.1, 0.15) is 20.3 Å². The van der Waals surface area contributed by atoms with Crippen LogP contribution < -0.4 is 0 Å². The Labute approximate surface area is 100 Å². The largest absolute Gasteiger partial charge is 0.501 e. The first-order valence-electron chi connectivity index (χ1n) is 6.10. The van der Waals surface area contributed by atoms with Crippen LogP contribution in [0.5, 0.6) is 0 Å². The van der Waals surface area contributed by atoms with Crippen molar-refractivity contribution >= 4 is 0 Å². The SMILES string of the molecule is C=C(OC)C(C)(C)CCN1CCN(C)CC1. The van der Waals surface area contributed by atoms with Crippen LogP contribution in [-0.4, -0.2) is 56.7 Å². The molecule has 0 aromatic carbocycles. The fourth-order valence-electron chi connectivity index (χ4n) is 1.92. The van der Waals surface area contributed by atoms with Gasteiger partial charge in [0.25, 0.3) is 0 Å². The smallest absolute Gasteiger partial charge is 0.0940 e. The first kappa shape index (κ1) is 13.5. The lowest BCUT2D eigenvalue weighted by Crippen LogP contribution is -2.45. The molecule has 0 radical (unpaired) electrons. The van der Waals surface area contributed by atoms with Crippen molar-refractivity contribution in [2.75, 3.05) is 46.9 Å². The number of nitrogens with zero attached hydrogens (tertiary/aromatic N) is 2. The maximum Gasteiger partial charge on any atom is 0.0940 e. The van der Waals surface area contributed by atoms with Crippen LogP contribution in [0.4, 0.5) is 0 Å². The van der Waals surface area contributed by atoms with Crippen LogP contribution in [0.15, 0.2) is 12.3 Å². The molecule has 1 fully saturated rings. The number of hydrogen-bond acceptors (Lipinski definition) is 3. The van der Waals surface area contributed by atoms with Crippen molar-refractivity contribution in [2.45, 2.75) is 20.3 Å². The van der Waals surface area contributed by atoms with E-state index in [0.29, 0.717) is 0 Å². The Kier molecular flexibility index (Phi) is 4.81. The lowest BCUT2D eigenvalue weighted by Gasteiger charge is -2.35. The van der Waals surface area contributed by atoms with Crippen LogP contribution in [0.3, 0.4) is 0 Å². The van der Waals surface area contributed by atoms with Gasteiger partial charge in [-0.15, -0.1) is 0 Å². The van der Waals surface area contributed by atoms with E-state index >= 15 is 0 Å². The minimum absolute atomic E-state index is 0.0814. The van der Waals surface area contributed by atoms with Crippen molar-refractivity contribution in [3.8, 4) is 0 Å². The summed E-state index contributed by atoms with van der Waals surface area (Å²) in [4.78, 5) is 4.92. The van der Waals surface area contributed by atoms with Crippen molar-refractivity contribution < 1.29 is 4.74 Å². The normalized spacial score (nSPS) is 19.8. The molecule has 1 aliphatic heterocycles. The quantitative estimate of drug-likeness (QED) is 0.665. The van der Waals surface area contributed by atoms with Crippen LogP contribution >= 0.6 is 0 Å². The first-order chi connectivity index (χ1) is 7.45. The van der Waals surface area contributed by atoms with E-state index in [-0.39, 0.29) is 5.41 Å². The third-order valence-corrected chi connectivity index (χ3v) is 3.65. The predicted molar refractivity (Wildman–Crippen MR) is 68.5 cm³/mol. The van der Waals surface area contributed by atoms with Gasteiger partial charge in [0.1, 0.15) is 0 Å². The van der Waals surface area contributed by atoms with Crippen molar-refractivity contribution in [1.29, 1.82) is 0 Å². The highest BCUT2D eigenvalue weighted by atomic mass is 16.5. The Morgan fingerprint density at radius 2 is 1.81 bits per heavy atom. The lowest BCUT2D eigenvalue weighted by molar-refractivity contribution is 0.125. The molecular weight excluding hydrogens is 200 g/mol. The summed E-state index contributed by atoms with van der Waals surface area (Å²) in [5.74, 6) is 0.890. The van der Waals surface area contributed by atoms with E-state index in [9.17, 15) is 0 Å². The zero-order valence-electron chi connectivity index (χ0n) is 11.3. The van der Waals surface area contributed by atoms with Crippen LogP contribution in [0, 0.1) is 5.41 Å². The van der Waals surface area contributed by atoms with Crippen molar-refractivity contribution in [2.24, 2.45) is 5.41 Å². The van der Waals surface area contributed by atoms with Gasteiger partial charge in [0.15, 0.2) is 0 Å². The molecule has 3 nitrogen and oxygen atoms in total. The Balaban J connectivity index is 2.31. The molecule has 0 atom stereocenters. The zero-order valence-corrected chi connectivity index (χ0v) is 11.3. The molecule has 0 aliphatic carbocycles. The molecule has 1 aliphatic rings. The van der Waals surface area contributed by atoms with E-state index in [1.807, 2.05) is 0 Å². The molecule has 0 spiro atoms. The summed E-state index contributed by atoms with van der Waals surface area (Å²) < 4.78 is 5.25. The summed E-state index contributed by atoms with van der Waals surface area (Å²) in [6.07, 6.45) is 1.11. The van der Waals surface area contributed by atoms with Gasteiger partial charge in [0, 0.05) is 31.6 Å². The number of allylic oxidation sites excluding steroid dienone is 1. The lowest BCUT2D eigenvalue weighted by atomic mass is 9.87. The molecule has 0 amide bonds. The highest BCUT2D eigenvalue weighted by Gasteiger charge is 2.24. The van der Waals surface area contributed by atoms with Crippen molar-refractivity contribution in [3.63, 3.8) is 0 Å². The molecule has 0 N–H and O–H groups in total. The average molecular weight is 226 g/mol. The third-order valence-electron chi connectivity index (χ3n) is 3.65. The third kappa shape index (κ3) is 3.80. The fraction of sp³-hybridized carbons (Fsp3) is 0.846. The van der Waals surface area contributed by atoms with E-state index < -0.39 is 0 Å². The fourth-order valence-corrected chi connectivity index (χ4v) is 1.92. The molecule has 1 heterocycles. The Bertz CT molecular complexity index is 230. The molecule has 1 rings (SSSR count). The molecule has 16 heavy (non-hydrogen) atoms. The Hall–Kier alpha value is -0.540. The van der Waals surface area contributed by atoms with Gasteiger partial charge < -0.3 is 14.5 Å². The van der Waals surface area contributed by atoms with Gasteiger partial charge in [-0.25, -0.2) is 0 Å². The molecule has 0 aromatic rings. The number of piperazine rings is 1. The zero-order chi connectivity index (χ0) is 12.2. The first-order valence-corrected chi connectivity index (χ1v) is 6.10. The topological polar surface area (TPSA) is 15.7 Å². The molecular formula is C13H26N2O. The van der Waals surface area contributed by atoms with Gasteiger partial charge >= 0.3 is 0 Å². The maximum atomic E-state index is 5.25. The molecule has 3 heteroatoms. The standard InChI is InChI=1S/C13H26N2O/c1-12(16-5)13(2,3)6-7-15-10-8-14(4)9-11-15/h1,6-11H2,2-5H3. The molecule has 0 bridgehead atoms. The minimum Gasteiger partial charge on any atom is -0.501 e. The number of methoxy groups -OCH3 is 1. The summed E-state index contributed by atoms with van der Waals surface area (Å²) in [5, 5.41) is 0. The van der Waals surface area contributed by atoms with Gasteiger partial charge in [0.2, 0.25) is 0 Å². The summed E-state index contributed by atoms with van der Waals surface area (Å²) in [6.45, 7) is 14.3. The molecule has 0 saturated carbocycles. The van der Waals surface area contributed by atoms with E-state index in [1.165, 1.54) is 26.2 Å². The number of likely N-dealkylation sites (N-methyl/N-ethyl adjacent to an activating group) is 1. The van der Waals surface area contributed by atoms with E-state index in [0.717, 1.165) is 18.7 Å². The highest BCUT2D eigenvalue weighted by molar-refractivity contribution is 4.98. The van der Waals surface area contributed by atoms with E-state index in [1.54, 1.807) is 7.11 Å². The van der Waals surface area contributed by atoms with Gasteiger partial charge in [-0.2, -0.15) is 0 Å². The number of rotatable bonds is 5. The summed E-state index contributed by atoms with van der Waals surface area (Å²) in [7, 11) is 3.90. The van der Waals surface area contributed by atoms with Gasteiger partial charge in [-0.05, 0) is 20.0 Å². The molecule has 0 aromatic heterocycles. The molecule has 94 valence electrons. The van der Waals surface area contributed by atoms with Crippen molar-refractivity contribution in [3.05, 3.63) is 12.3 Å². The van der Waals surface area contributed by atoms with Gasteiger partial charge in [-0.1, -0.05) is 20.4 Å². The number of hydrogen-bond donors (Lipinski definition) is 0. The Morgan fingerprint density at radius 1 is 1.25 bits per heavy atom. The second-order valence-electron chi connectivity index (χ2n) is 5.41. The summed E-state index contributed by atoms with van der Waals surface area (Å²) in [5.41, 5.74) is 0.0814. The van der Waals surface area contributed by atoms with Gasteiger partial charge in [0.05, 0.1) is 12.9 Å². The second kappa shape index (κ2) is 5.69. The maximum absolute atomic E-state index is 5.25. The van der Waals surface area contributed by atoms with E-state index in [4.69, 9.17) is 4.74 Å².